The van der Waals surface area contributed by atoms with E-state index in [1.807, 2.05) is 0 Å². The molecule has 1 aliphatic carbocycles. The van der Waals surface area contributed by atoms with E-state index in [1.54, 1.807) is 37.2 Å². The Balaban J connectivity index is 1.51. The molecule has 2 heterocycles. The zero-order chi connectivity index (χ0) is 20.5. The highest BCUT2D eigenvalue weighted by Gasteiger charge is 2.39. The molecule has 8 nitrogen and oxygen atoms in total. The number of likely N-dealkylation sites (N-methyl/N-ethyl adjacent to an activating group) is 1. The molecule has 3 amide bonds. The van der Waals surface area contributed by atoms with Gasteiger partial charge in [0.1, 0.15) is 18.5 Å². The second-order valence-electron chi connectivity index (χ2n) is 8.02. The van der Waals surface area contributed by atoms with Crippen molar-refractivity contribution >= 4 is 23.4 Å². The molecule has 1 saturated carbocycles. The number of fused-ring (bicyclic) bond motifs is 2. The highest BCUT2D eigenvalue weighted by atomic mass is 16.5. The van der Waals surface area contributed by atoms with E-state index >= 15 is 0 Å². The molecule has 8 heteroatoms. The molecular weight excluding hydrogens is 374 g/mol. The minimum absolute atomic E-state index is 0.000388. The Morgan fingerprint density at radius 2 is 2.00 bits per heavy atom. The highest BCUT2D eigenvalue weighted by molar-refractivity contribution is 6.00. The summed E-state index contributed by atoms with van der Waals surface area (Å²) in [5, 5.41) is 5.50. The number of carbonyl (C=O) groups excluding carboxylic acids is 3. The minimum Gasteiger partial charge on any atom is -0.490 e. The van der Waals surface area contributed by atoms with Gasteiger partial charge in [0.15, 0.2) is 0 Å². The van der Waals surface area contributed by atoms with Gasteiger partial charge >= 0.3 is 0 Å². The lowest BCUT2D eigenvalue weighted by Crippen LogP contribution is -2.53. The Morgan fingerprint density at radius 1 is 1.21 bits per heavy atom. The number of benzene rings is 1. The van der Waals surface area contributed by atoms with Crippen LogP contribution in [0.2, 0.25) is 0 Å². The molecule has 1 aromatic rings. The molecule has 3 atom stereocenters. The van der Waals surface area contributed by atoms with Crippen molar-refractivity contribution in [1.29, 1.82) is 0 Å². The number of nitrogens with one attached hydrogen (secondary N) is 2. The van der Waals surface area contributed by atoms with E-state index in [4.69, 9.17) is 9.47 Å². The third-order valence-electron chi connectivity index (χ3n) is 5.92. The molecule has 2 N–H and O–H groups in total. The van der Waals surface area contributed by atoms with Crippen molar-refractivity contribution < 1.29 is 23.9 Å². The molecule has 0 aromatic heterocycles. The van der Waals surface area contributed by atoms with E-state index in [1.165, 1.54) is 0 Å². The van der Waals surface area contributed by atoms with Gasteiger partial charge in [-0.05, 0) is 43.9 Å². The number of carbonyl (C=O) groups is 3. The van der Waals surface area contributed by atoms with Gasteiger partial charge in [0.05, 0.1) is 24.1 Å². The van der Waals surface area contributed by atoms with Gasteiger partial charge in [-0.25, -0.2) is 0 Å². The first-order valence-corrected chi connectivity index (χ1v) is 10.2. The van der Waals surface area contributed by atoms with Crippen molar-refractivity contribution in [1.82, 2.24) is 10.2 Å². The lowest BCUT2D eigenvalue weighted by atomic mass is 9.94. The number of hydrogen-bond acceptors (Lipinski definition) is 5. The van der Waals surface area contributed by atoms with E-state index in [9.17, 15) is 14.4 Å². The van der Waals surface area contributed by atoms with Crippen LogP contribution in [0.3, 0.4) is 0 Å². The SMILES string of the molecule is CNC(=O)C[C@H]1CC[C@@H]2[C@H](COc3ccc(NC(=O)C4CC4)cc3C(=O)N2C)O1. The molecule has 0 bridgehead atoms. The molecule has 1 aromatic carbocycles. The largest absolute Gasteiger partial charge is 0.490 e. The van der Waals surface area contributed by atoms with E-state index in [0.29, 0.717) is 36.4 Å². The Kier molecular flexibility index (Phi) is 5.45. The Hall–Kier alpha value is -2.61. The Labute approximate surface area is 169 Å². The number of nitrogens with zero attached hydrogens (tertiary/aromatic N) is 1. The van der Waals surface area contributed by atoms with Crippen molar-refractivity contribution in [3.63, 3.8) is 0 Å². The first-order chi connectivity index (χ1) is 14.0. The van der Waals surface area contributed by atoms with Crippen molar-refractivity contribution in [2.75, 3.05) is 26.0 Å². The molecule has 0 radical (unpaired) electrons. The summed E-state index contributed by atoms with van der Waals surface area (Å²) in [7, 11) is 3.38. The second-order valence-corrected chi connectivity index (χ2v) is 8.02. The number of ether oxygens (including phenoxy) is 2. The minimum atomic E-state index is -0.297. The Morgan fingerprint density at radius 3 is 2.72 bits per heavy atom. The van der Waals surface area contributed by atoms with Gasteiger partial charge in [-0.2, -0.15) is 0 Å². The van der Waals surface area contributed by atoms with E-state index in [2.05, 4.69) is 10.6 Å². The lowest BCUT2D eigenvalue weighted by molar-refractivity contribution is -0.133. The molecule has 2 aliphatic heterocycles. The summed E-state index contributed by atoms with van der Waals surface area (Å²) in [4.78, 5) is 38.6. The van der Waals surface area contributed by atoms with Crippen LogP contribution in [0.1, 0.15) is 42.5 Å². The molecule has 1 saturated heterocycles. The van der Waals surface area contributed by atoms with Crippen LogP contribution in [-0.4, -0.2) is 61.6 Å². The van der Waals surface area contributed by atoms with E-state index < -0.39 is 0 Å². The van der Waals surface area contributed by atoms with Crippen LogP contribution in [0.4, 0.5) is 5.69 Å². The summed E-state index contributed by atoms with van der Waals surface area (Å²) >= 11 is 0. The number of amides is 3. The molecule has 0 unspecified atom stereocenters. The fourth-order valence-electron chi connectivity index (χ4n) is 4.00. The summed E-state index contributed by atoms with van der Waals surface area (Å²) in [6.45, 7) is 0.299. The van der Waals surface area contributed by atoms with Crippen LogP contribution in [0.15, 0.2) is 18.2 Å². The maximum absolute atomic E-state index is 13.1. The second kappa shape index (κ2) is 8.02. The van der Waals surface area contributed by atoms with Crippen LogP contribution >= 0.6 is 0 Å². The van der Waals surface area contributed by atoms with Crippen LogP contribution in [0.25, 0.3) is 0 Å². The summed E-state index contributed by atoms with van der Waals surface area (Å²) < 4.78 is 12.0. The van der Waals surface area contributed by atoms with Gasteiger partial charge in [-0.15, -0.1) is 0 Å². The fourth-order valence-corrected chi connectivity index (χ4v) is 4.00. The van der Waals surface area contributed by atoms with E-state index in [0.717, 1.165) is 19.3 Å². The van der Waals surface area contributed by atoms with Crippen molar-refractivity contribution in [2.24, 2.45) is 5.92 Å². The van der Waals surface area contributed by atoms with Gasteiger partial charge in [0, 0.05) is 25.7 Å². The zero-order valence-corrected chi connectivity index (χ0v) is 16.8. The van der Waals surface area contributed by atoms with E-state index in [-0.39, 0.29) is 41.9 Å². The summed E-state index contributed by atoms with van der Waals surface area (Å²) in [6.07, 6.45) is 3.12. The van der Waals surface area contributed by atoms with Crippen LogP contribution in [0, 0.1) is 5.92 Å². The standard InChI is InChI=1S/C21H27N3O5/c1-22-19(25)10-14-6-7-16-18(29-14)11-28-17-8-5-13(23-20(26)12-3-4-12)9-15(17)21(27)24(16)2/h5,8-9,12,14,16,18H,3-4,6-7,10-11H2,1-2H3,(H,22,25)(H,23,26)/t14-,16-,18+/m1/s1. The number of hydrogen-bond donors (Lipinski definition) is 2. The van der Waals surface area contributed by atoms with Crippen molar-refractivity contribution in [3.8, 4) is 5.75 Å². The van der Waals surface area contributed by atoms with Gasteiger partial charge in [0.2, 0.25) is 11.8 Å². The zero-order valence-electron chi connectivity index (χ0n) is 16.8. The quantitative estimate of drug-likeness (QED) is 0.798. The molecule has 2 fully saturated rings. The van der Waals surface area contributed by atoms with Gasteiger partial charge in [-0.3, -0.25) is 14.4 Å². The fraction of sp³-hybridized carbons (Fsp3) is 0.571. The molecule has 3 aliphatic rings. The van der Waals surface area contributed by atoms with Crippen molar-refractivity contribution in [3.05, 3.63) is 23.8 Å². The average Bonchev–Trinajstić information content (AvgIpc) is 3.56. The van der Waals surface area contributed by atoms with Gasteiger partial charge < -0.3 is 25.0 Å². The third-order valence-corrected chi connectivity index (χ3v) is 5.92. The lowest BCUT2D eigenvalue weighted by Gasteiger charge is -2.42. The summed E-state index contributed by atoms with van der Waals surface area (Å²) in [5.41, 5.74) is 1.04. The van der Waals surface area contributed by atoms with Gasteiger partial charge in [-0.1, -0.05) is 0 Å². The van der Waals surface area contributed by atoms with Crippen molar-refractivity contribution in [2.45, 2.75) is 50.4 Å². The maximum Gasteiger partial charge on any atom is 0.257 e. The highest BCUT2D eigenvalue weighted by Crippen LogP contribution is 2.34. The molecule has 156 valence electrons. The Bertz CT molecular complexity index is 823. The maximum atomic E-state index is 13.1. The monoisotopic (exact) mass is 401 g/mol. The number of anilines is 1. The van der Waals surface area contributed by atoms with Crippen LogP contribution < -0.4 is 15.4 Å². The summed E-state index contributed by atoms with van der Waals surface area (Å²) in [6, 6.07) is 5.03. The molecule has 4 rings (SSSR count). The topological polar surface area (TPSA) is 97.0 Å². The third kappa shape index (κ3) is 4.22. The van der Waals surface area contributed by atoms with Gasteiger partial charge in [0.25, 0.3) is 5.91 Å². The smallest absolute Gasteiger partial charge is 0.257 e. The number of rotatable bonds is 4. The summed E-state index contributed by atoms with van der Waals surface area (Å²) in [5.74, 6) is 0.345. The average molecular weight is 401 g/mol. The van der Waals surface area contributed by atoms with Crippen LogP contribution in [-0.2, 0) is 14.3 Å². The normalized spacial score (nSPS) is 26.3. The predicted molar refractivity (Wildman–Crippen MR) is 106 cm³/mol. The first kappa shape index (κ1) is 19.7. The molecule has 0 spiro atoms. The molecule has 29 heavy (non-hydrogen) atoms. The predicted octanol–water partition coefficient (Wildman–Crippen LogP) is 1.55. The first-order valence-electron chi connectivity index (χ1n) is 10.2. The molecular formula is C21H27N3O5. The van der Waals surface area contributed by atoms with Crippen LogP contribution in [0.5, 0.6) is 5.75 Å².